The van der Waals surface area contributed by atoms with Crippen LogP contribution < -0.4 is 0 Å². The van der Waals surface area contributed by atoms with Crippen molar-refractivity contribution >= 4 is 21.8 Å². The molecule has 5 rings (SSSR count). The molecule has 0 atom stereocenters. The molecule has 0 aliphatic rings. The Morgan fingerprint density at radius 3 is 2.77 bits per heavy atom. The fraction of sp³-hybridized carbons (Fsp3) is 0.0909. The Morgan fingerprint density at radius 1 is 0.962 bits per heavy atom. The summed E-state index contributed by atoms with van der Waals surface area (Å²) < 4.78 is 4.03. The van der Waals surface area contributed by atoms with Crippen LogP contribution in [0.1, 0.15) is 5.56 Å². The maximum atomic E-state index is 4.57. The number of hydrogen-bond acceptors (Lipinski definition) is 2. The molecule has 0 radical (unpaired) electrons. The van der Waals surface area contributed by atoms with Crippen LogP contribution in [0.3, 0.4) is 0 Å². The van der Waals surface area contributed by atoms with Crippen molar-refractivity contribution in [2.45, 2.75) is 6.54 Å². The van der Waals surface area contributed by atoms with E-state index in [1.165, 1.54) is 21.9 Å². The van der Waals surface area contributed by atoms with Crippen LogP contribution >= 0.6 is 0 Å². The standard InChI is InChI=1S/C22H18N4/c1-25-11-9-21-20(8-10-23-22(21)25)19-13-24-26(15-19)14-16-6-7-17-4-2-3-5-18(17)12-16/h2-13,15H,14H2,1H3. The SMILES string of the molecule is Cn1ccc2c(-c3cnn(Cc4ccc5ccccc5c4)c3)ccnc21. The first-order valence-electron chi connectivity index (χ1n) is 8.68. The predicted molar refractivity (Wildman–Crippen MR) is 105 cm³/mol. The number of hydrogen-bond donors (Lipinski definition) is 0. The summed E-state index contributed by atoms with van der Waals surface area (Å²) in [5.41, 5.74) is 4.52. The lowest BCUT2D eigenvalue weighted by atomic mass is 10.1. The van der Waals surface area contributed by atoms with Crippen molar-refractivity contribution in [1.82, 2.24) is 19.3 Å². The van der Waals surface area contributed by atoms with E-state index in [1.807, 2.05) is 34.9 Å². The number of nitrogens with zero attached hydrogens (tertiary/aromatic N) is 4. The maximum Gasteiger partial charge on any atom is 0.140 e. The van der Waals surface area contributed by atoms with Gasteiger partial charge in [0.05, 0.1) is 12.7 Å². The smallest absolute Gasteiger partial charge is 0.140 e. The summed E-state index contributed by atoms with van der Waals surface area (Å²) in [4.78, 5) is 4.47. The summed E-state index contributed by atoms with van der Waals surface area (Å²) in [7, 11) is 2.02. The van der Waals surface area contributed by atoms with E-state index in [0.717, 1.165) is 23.1 Å². The molecule has 0 spiro atoms. The van der Waals surface area contributed by atoms with E-state index in [-0.39, 0.29) is 0 Å². The van der Waals surface area contributed by atoms with Crippen LogP contribution in [0.15, 0.2) is 79.4 Å². The molecule has 0 N–H and O–H groups in total. The summed E-state index contributed by atoms with van der Waals surface area (Å²) in [6, 6.07) is 19.2. The van der Waals surface area contributed by atoms with Gasteiger partial charge in [-0.2, -0.15) is 5.10 Å². The molecule has 26 heavy (non-hydrogen) atoms. The van der Waals surface area contributed by atoms with E-state index in [9.17, 15) is 0 Å². The monoisotopic (exact) mass is 338 g/mol. The van der Waals surface area contributed by atoms with Gasteiger partial charge in [-0.3, -0.25) is 4.68 Å². The molecular formula is C22H18N4. The average Bonchev–Trinajstić information content (AvgIpc) is 3.29. The Bertz CT molecular complexity index is 1230. The largest absolute Gasteiger partial charge is 0.336 e. The molecule has 0 unspecified atom stereocenters. The minimum Gasteiger partial charge on any atom is -0.336 e. The fourth-order valence-corrected chi connectivity index (χ4v) is 3.53. The van der Waals surface area contributed by atoms with E-state index >= 15 is 0 Å². The normalized spacial score (nSPS) is 11.4. The molecule has 0 aliphatic carbocycles. The molecule has 0 aliphatic heterocycles. The molecule has 0 fully saturated rings. The van der Waals surface area contributed by atoms with Gasteiger partial charge in [-0.25, -0.2) is 4.98 Å². The molecule has 4 nitrogen and oxygen atoms in total. The first-order chi connectivity index (χ1) is 12.8. The Labute approximate surface area is 151 Å². The predicted octanol–water partition coefficient (Wildman–Crippen LogP) is 4.64. The van der Waals surface area contributed by atoms with Gasteiger partial charge >= 0.3 is 0 Å². The van der Waals surface area contributed by atoms with E-state index < -0.39 is 0 Å². The van der Waals surface area contributed by atoms with Gasteiger partial charge in [0.25, 0.3) is 0 Å². The number of aromatic nitrogens is 4. The second kappa shape index (κ2) is 5.85. The number of fused-ring (bicyclic) bond motifs is 2. The van der Waals surface area contributed by atoms with Crippen molar-refractivity contribution in [2.24, 2.45) is 7.05 Å². The van der Waals surface area contributed by atoms with Crippen molar-refractivity contribution in [3.63, 3.8) is 0 Å². The van der Waals surface area contributed by atoms with Crippen LogP contribution in [0.5, 0.6) is 0 Å². The van der Waals surface area contributed by atoms with Gasteiger partial charge in [0.2, 0.25) is 0 Å². The Morgan fingerprint density at radius 2 is 1.85 bits per heavy atom. The third-order valence-electron chi connectivity index (χ3n) is 4.87. The van der Waals surface area contributed by atoms with E-state index in [4.69, 9.17) is 0 Å². The summed E-state index contributed by atoms with van der Waals surface area (Å²) in [6.45, 7) is 0.758. The molecule has 2 aromatic carbocycles. The minimum absolute atomic E-state index is 0.758. The number of rotatable bonds is 3. The van der Waals surface area contributed by atoms with E-state index in [2.05, 4.69) is 70.9 Å². The second-order valence-electron chi connectivity index (χ2n) is 6.63. The molecule has 0 saturated carbocycles. The maximum absolute atomic E-state index is 4.57. The molecule has 5 aromatic rings. The van der Waals surface area contributed by atoms with Crippen LogP contribution in [0, 0.1) is 0 Å². The first-order valence-corrected chi connectivity index (χ1v) is 8.68. The highest BCUT2D eigenvalue weighted by molar-refractivity contribution is 5.92. The van der Waals surface area contributed by atoms with Gasteiger partial charge in [-0.1, -0.05) is 36.4 Å². The highest BCUT2D eigenvalue weighted by Crippen LogP contribution is 2.27. The lowest BCUT2D eigenvalue weighted by Crippen LogP contribution is -1.99. The summed E-state index contributed by atoms with van der Waals surface area (Å²) >= 11 is 0. The molecule has 0 amide bonds. The quantitative estimate of drug-likeness (QED) is 0.480. The van der Waals surface area contributed by atoms with E-state index in [1.54, 1.807) is 0 Å². The average molecular weight is 338 g/mol. The molecular weight excluding hydrogens is 320 g/mol. The minimum atomic E-state index is 0.758. The van der Waals surface area contributed by atoms with Crippen LogP contribution in [0.25, 0.3) is 32.9 Å². The van der Waals surface area contributed by atoms with Gasteiger partial charge in [-0.05, 0) is 40.1 Å². The van der Waals surface area contributed by atoms with Crippen molar-refractivity contribution in [3.05, 3.63) is 84.9 Å². The highest BCUT2D eigenvalue weighted by atomic mass is 15.3. The molecule has 126 valence electrons. The Balaban J connectivity index is 1.49. The fourth-order valence-electron chi connectivity index (χ4n) is 3.53. The molecule has 4 heteroatoms. The molecule has 0 saturated heterocycles. The van der Waals surface area contributed by atoms with Crippen LogP contribution in [-0.4, -0.2) is 19.3 Å². The third-order valence-corrected chi connectivity index (χ3v) is 4.87. The highest BCUT2D eigenvalue weighted by Gasteiger charge is 2.09. The Hall–Kier alpha value is -3.40. The molecule has 3 aromatic heterocycles. The third kappa shape index (κ3) is 2.47. The zero-order valence-electron chi connectivity index (χ0n) is 14.5. The zero-order valence-corrected chi connectivity index (χ0v) is 14.5. The van der Waals surface area contributed by atoms with Gasteiger partial charge in [0.1, 0.15) is 5.65 Å². The van der Waals surface area contributed by atoms with E-state index in [0.29, 0.717) is 0 Å². The first kappa shape index (κ1) is 14.9. The lowest BCUT2D eigenvalue weighted by Gasteiger charge is -2.04. The summed E-state index contributed by atoms with van der Waals surface area (Å²) in [5.74, 6) is 0. The van der Waals surface area contributed by atoms with Crippen LogP contribution in [-0.2, 0) is 13.6 Å². The van der Waals surface area contributed by atoms with Crippen LogP contribution in [0.2, 0.25) is 0 Å². The number of pyridine rings is 1. The van der Waals surface area contributed by atoms with Gasteiger partial charge in [0, 0.05) is 36.6 Å². The van der Waals surface area contributed by atoms with Crippen molar-refractivity contribution in [2.75, 3.05) is 0 Å². The van der Waals surface area contributed by atoms with Gasteiger partial charge in [-0.15, -0.1) is 0 Å². The zero-order chi connectivity index (χ0) is 17.5. The summed E-state index contributed by atoms with van der Waals surface area (Å²) in [5, 5.41) is 8.25. The Kier molecular flexibility index (Phi) is 3.35. The molecule has 3 heterocycles. The second-order valence-corrected chi connectivity index (χ2v) is 6.63. The topological polar surface area (TPSA) is 35.6 Å². The van der Waals surface area contributed by atoms with Crippen molar-refractivity contribution in [3.8, 4) is 11.1 Å². The summed E-state index contributed by atoms with van der Waals surface area (Å²) in [6.07, 6.45) is 7.94. The van der Waals surface area contributed by atoms with Crippen LogP contribution in [0.4, 0.5) is 0 Å². The lowest BCUT2D eigenvalue weighted by molar-refractivity contribution is 0.687. The van der Waals surface area contributed by atoms with Crippen molar-refractivity contribution in [1.29, 1.82) is 0 Å². The van der Waals surface area contributed by atoms with Crippen molar-refractivity contribution < 1.29 is 0 Å². The molecule has 0 bridgehead atoms. The number of benzene rings is 2. The van der Waals surface area contributed by atoms with Gasteiger partial charge < -0.3 is 4.57 Å². The van der Waals surface area contributed by atoms with Gasteiger partial charge in [0.15, 0.2) is 0 Å². The number of aryl methyl sites for hydroxylation is 1.